The molecule has 0 aromatic heterocycles. The molecule has 1 N–H and O–H groups in total. The maximum absolute atomic E-state index is 12.4. The number of hydrogen-bond acceptors (Lipinski definition) is 4. The highest BCUT2D eigenvalue weighted by Gasteiger charge is 2.24. The second-order valence-corrected chi connectivity index (χ2v) is 5.68. The summed E-state index contributed by atoms with van der Waals surface area (Å²) in [5.74, 6) is 0.710. The zero-order valence-electron chi connectivity index (χ0n) is 13.9. The van der Waals surface area contributed by atoms with E-state index in [1.54, 1.807) is 25.1 Å². The molecule has 0 saturated carbocycles. The van der Waals surface area contributed by atoms with Crippen molar-refractivity contribution in [2.24, 2.45) is 0 Å². The fourth-order valence-corrected chi connectivity index (χ4v) is 2.67. The Bertz CT molecular complexity index is 545. The van der Waals surface area contributed by atoms with Gasteiger partial charge in [-0.3, -0.25) is 9.59 Å². The third-order valence-corrected chi connectivity index (χ3v) is 4.00. The Kier molecular flexibility index (Phi) is 5.84. The number of carbonyl (C=O) groups excluding carboxylic acids is 2. The zero-order chi connectivity index (χ0) is 16.8. The summed E-state index contributed by atoms with van der Waals surface area (Å²) in [6.07, 6.45) is 3.22. The Labute approximate surface area is 136 Å². The minimum absolute atomic E-state index is 0.0343. The Morgan fingerprint density at radius 2 is 1.61 bits per heavy atom. The highest BCUT2D eigenvalue weighted by molar-refractivity contribution is 5.98. The van der Waals surface area contributed by atoms with E-state index < -0.39 is 6.04 Å². The first-order valence-electron chi connectivity index (χ1n) is 7.88. The van der Waals surface area contributed by atoms with Gasteiger partial charge in [0.25, 0.3) is 5.91 Å². The molecule has 23 heavy (non-hydrogen) atoms. The average molecular weight is 320 g/mol. The molecule has 2 rings (SSSR count). The van der Waals surface area contributed by atoms with Crippen LogP contribution in [0, 0.1) is 0 Å². The van der Waals surface area contributed by atoms with Crippen LogP contribution in [0.3, 0.4) is 0 Å². The van der Waals surface area contributed by atoms with Crippen molar-refractivity contribution in [3.8, 4) is 11.5 Å². The molecule has 6 heteroatoms. The predicted molar refractivity (Wildman–Crippen MR) is 86.9 cm³/mol. The Balaban J connectivity index is 2.04. The lowest BCUT2D eigenvalue weighted by molar-refractivity contribution is -0.133. The summed E-state index contributed by atoms with van der Waals surface area (Å²) >= 11 is 0. The molecule has 1 heterocycles. The SMILES string of the molecule is COc1cc(OC)cc(C(=O)N[C@H](C)C(=O)N2CCCCC2)c1. The molecule has 1 aliphatic rings. The number of nitrogens with zero attached hydrogens (tertiary/aromatic N) is 1. The fraction of sp³-hybridized carbons (Fsp3) is 0.529. The lowest BCUT2D eigenvalue weighted by atomic mass is 10.1. The van der Waals surface area contributed by atoms with Crippen LogP contribution in [0.5, 0.6) is 11.5 Å². The van der Waals surface area contributed by atoms with Gasteiger partial charge in [-0.05, 0) is 38.3 Å². The van der Waals surface area contributed by atoms with Gasteiger partial charge in [-0.15, -0.1) is 0 Å². The second kappa shape index (κ2) is 7.85. The van der Waals surface area contributed by atoms with Gasteiger partial charge in [0.15, 0.2) is 0 Å². The van der Waals surface area contributed by atoms with Crippen molar-refractivity contribution in [2.45, 2.75) is 32.2 Å². The zero-order valence-corrected chi connectivity index (χ0v) is 13.9. The molecule has 1 fully saturated rings. The van der Waals surface area contributed by atoms with Crippen LogP contribution in [0.15, 0.2) is 18.2 Å². The molecular weight excluding hydrogens is 296 g/mol. The summed E-state index contributed by atoms with van der Waals surface area (Å²) in [4.78, 5) is 26.6. The van der Waals surface area contributed by atoms with E-state index in [1.807, 2.05) is 4.90 Å². The summed E-state index contributed by atoms with van der Waals surface area (Å²) < 4.78 is 10.3. The molecular formula is C17H24N2O4. The lowest BCUT2D eigenvalue weighted by Gasteiger charge is -2.29. The molecule has 1 saturated heterocycles. The van der Waals surface area contributed by atoms with Crippen LogP contribution in [0.1, 0.15) is 36.5 Å². The summed E-state index contributed by atoms with van der Waals surface area (Å²) in [6, 6.07) is 4.38. The summed E-state index contributed by atoms with van der Waals surface area (Å²) in [7, 11) is 3.05. The van der Waals surface area contributed by atoms with Gasteiger partial charge >= 0.3 is 0 Å². The van der Waals surface area contributed by atoms with Gasteiger partial charge in [0.1, 0.15) is 17.5 Å². The Morgan fingerprint density at radius 1 is 1.04 bits per heavy atom. The van der Waals surface area contributed by atoms with E-state index in [0.29, 0.717) is 17.1 Å². The monoisotopic (exact) mass is 320 g/mol. The quantitative estimate of drug-likeness (QED) is 0.899. The van der Waals surface area contributed by atoms with Crippen LogP contribution in [0.25, 0.3) is 0 Å². The number of nitrogens with one attached hydrogen (secondary N) is 1. The first-order valence-corrected chi connectivity index (χ1v) is 7.88. The van der Waals surface area contributed by atoms with E-state index in [4.69, 9.17) is 9.47 Å². The van der Waals surface area contributed by atoms with Crippen molar-refractivity contribution in [1.82, 2.24) is 10.2 Å². The number of piperidine rings is 1. The number of hydrogen-bond donors (Lipinski definition) is 1. The number of amides is 2. The van der Waals surface area contributed by atoms with Gasteiger partial charge in [0, 0.05) is 24.7 Å². The topological polar surface area (TPSA) is 67.9 Å². The normalized spacial score (nSPS) is 15.7. The lowest BCUT2D eigenvalue weighted by Crippen LogP contribution is -2.48. The van der Waals surface area contributed by atoms with Gasteiger partial charge in [0.2, 0.25) is 5.91 Å². The first-order chi connectivity index (χ1) is 11.0. The number of carbonyl (C=O) groups is 2. The van der Waals surface area contributed by atoms with E-state index in [9.17, 15) is 9.59 Å². The van der Waals surface area contributed by atoms with Crippen LogP contribution in [-0.2, 0) is 4.79 Å². The Hall–Kier alpha value is -2.24. The standard InChI is InChI=1S/C17H24N2O4/c1-12(17(21)19-7-5-4-6-8-19)18-16(20)13-9-14(22-2)11-15(10-13)23-3/h9-12H,4-8H2,1-3H3,(H,18,20)/t12-/m1/s1. The molecule has 126 valence electrons. The molecule has 2 amide bonds. The largest absolute Gasteiger partial charge is 0.497 e. The molecule has 1 aromatic carbocycles. The third kappa shape index (κ3) is 4.37. The van der Waals surface area contributed by atoms with E-state index >= 15 is 0 Å². The van der Waals surface area contributed by atoms with Gasteiger partial charge in [-0.2, -0.15) is 0 Å². The molecule has 1 atom stereocenters. The van der Waals surface area contributed by atoms with Crippen LogP contribution >= 0.6 is 0 Å². The number of likely N-dealkylation sites (tertiary alicyclic amines) is 1. The van der Waals surface area contributed by atoms with E-state index in [0.717, 1.165) is 32.4 Å². The number of benzene rings is 1. The van der Waals surface area contributed by atoms with Gasteiger partial charge < -0.3 is 19.7 Å². The van der Waals surface area contributed by atoms with Gasteiger partial charge in [-0.1, -0.05) is 0 Å². The van der Waals surface area contributed by atoms with E-state index in [2.05, 4.69) is 5.32 Å². The molecule has 6 nitrogen and oxygen atoms in total. The van der Waals surface area contributed by atoms with Crippen molar-refractivity contribution in [3.05, 3.63) is 23.8 Å². The molecule has 0 spiro atoms. The van der Waals surface area contributed by atoms with Crippen molar-refractivity contribution >= 4 is 11.8 Å². The molecule has 0 bridgehead atoms. The van der Waals surface area contributed by atoms with Crippen molar-refractivity contribution in [3.63, 3.8) is 0 Å². The summed E-state index contributed by atoms with van der Waals surface area (Å²) in [5.41, 5.74) is 0.402. The fourth-order valence-electron chi connectivity index (χ4n) is 2.67. The van der Waals surface area contributed by atoms with Gasteiger partial charge in [-0.25, -0.2) is 0 Å². The van der Waals surface area contributed by atoms with Gasteiger partial charge in [0.05, 0.1) is 14.2 Å². The predicted octanol–water partition coefficient (Wildman–Crippen LogP) is 1.83. The molecule has 0 radical (unpaired) electrons. The second-order valence-electron chi connectivity index (χ2n) is 5.68. The molecule has 1 aromatic rings. The van der Waals surface area contributed by atoms with Crippen molar-refractivity contribution < 1.29 is 19.1 Å². The summed E-state index contributed by atoms with van der Waals surface area (Å²) in [6.45, 7) is 3.25. The first kappa shape index (κ1) is 17.1. The van der Waals surface area contributed by atoms with Crippen molar-refractivity contribution in [1.29, 1.82) is 0 Å². The third-order valence-electron chi connectivity index (χ3n) is 4.00. The maximum atomic E-state index is 12.4. The Morgan fingerprint density at radius 3 is 2.13 bits per heavy atom. The minimum atomic E-state index is -0.558. The maximum Gasteiger partial charge on any atom is 0.252 e. The average Bonchev–Trinajstić information content (AvgIpc) is 2.61. The number of ether oxygens (including phenoxy) is 2. The smallest absolute Gasteiger partial charge is 0.252 e. The molecule has 1 aliphatic heterocycles. The van der Waals surface area contributed by atoms with Crippen LogP contribution in [0.4, 0.5) is 0 Å². The highest BCUT2D eigenvalue weighted by atomic mass is 16.5. The number of methoxy groups -OCH3 is 2. The highest BCUT2D eigenvalue weighted by Crippen LogP contribution is 2.22. The number of rotatable bonds is 5. The van der Waals surface area contributed by atoms with Crippen LogP contribution < -0.4 is 14.8 Å². The van der Waals surface area contributed by atoms with E-state index in [1.165, 1.54) is 14.2 Å². The minimum Gasteiger partial charge on any atom is -0.497 e. The van der Waals surface area contributed by atoms with Crippen molar-refractivity contribution in [2.75, 3.05) is 27.3 Å². The molecule has 0 aliphatic carbocycles. The van der Waals surface area contributed by atoms with E-state index in [-0.39, 0.29) is 11.8 Å². The molecule has 0 unspecified atom stereocenters. The van der Waals surface area contributed by atoms with Crippen LogP contribution in [0.2, 0.25) is 0 Å². The summed E-state index contributed by atoms with van der Waals surface area (Å²) in [5, 5.41) is 2.75. The van der Waals surface area contributed by atoms with Crippen LogP contribution in [-0.4, -0.2) is 50.1 Å².